The number of carbonyl (C=O) groups is 1. The summed E-state index contributed by atoms with van der Waals surface area (Å²) in [6.07, 6.45) is 0.966. The molecule has 0 saturated carbocycles. The highest BCUT2D eigenvalue weighted by Crippen LogP contribution is 2.21. The number of hydrogen-bond donors (Lipinski definition) is 2. The monoisotopic (exact) mass is 416 g/mol. The van der Waals surface area contributed by atoms with Gasteiger partial charge in [-0.05, 0) is 55.2 Å². The molecule has 0 bridgehead atoms. The van der Waals surface area contributed by atoms with Crippen molar-refractivity contribution in [2.45, 2.75) is 32.1 Å². The molecule has 1 heterocycles. The van der Waals surface area contributed by atoms with E-state index in [4.69, 9.17) is 0 Å². The van der Waals surface area contributed by atoms with Crippen LogP contribution < -0.4 is 10.2 Å². The lowest BCUT2D eigenvalue weighted by Crippen LogP contribution is -3.15. The van der Waals surface area contributed by atoms with Gasteiger partial charge in [-0.2, -0.15) is 4.31 Å². The van der Waals surface area contributed by atoms with Gasteiger partial charge in [0.2, 0.25) is 10.0 Å². The average molecular weight is 417 g/mol. The van der Waals surface area contributed by atoms with Crippen LogP contribution in [-0.4, -0.2) is 51.4 Å². The maximum absolute atomic E-state index is 13.0. The minimum atomic E-state index is -3.50. The summed E-state index contributed by atoms with van der Waals surface area (Å²) in [5.74, 6) is -0.0462. The number of piperazine rings is 1. The molecule has 0 spiro atoms. The summed E-state index contributed by atoms with van der Waals surface area (Å²) in [6.45, 7) is 8.23. The van der Waals surface area contributed by atoms with Crippen molar-refractivity contribution < 1.29 is 18.1 Å². The van der Waals surface area contributed by atoms with Crippen LogP contribution in [0.5, 0.6) is 0 Å². The Labute approximate surface area is 173 Å². The van der Waals surface area contributed by atoms with Gasteiger partial charge in [0.1, 0.15) is 0 Å². The van der Waals surface area contributed by atoms with Crippen molar-refractivity contribution in [1.82, 2.24) is 4.31 Å². The van der Waals surface area contributed by atoms with Gasteiger partial charge >= 0.3 is 0 Å². The van der Waals surface area contributed by atoms with Gasteiger partial charge in [0.25, 0.3) is 5.91 Å². The quantitative estimate of drug-likeness (QED) is 0.748. The van der Waals surface area contributed by atoms with Crippen LogP contribution in [0.1, 0.15) is 23.6 Å². The van der Waals surface area contributed by atoms with E-state index in [1.54, 1.807) is 10.4 Å². The van der Waals surface area contributed by atoms with Crippen LogP contribution in [0.3, 0.4) is 0 Å². The van der Waals surface area contributed by atoms with Crippen LogP contribution in [0, 0.1) is 13.8 Å². The third-order valence-electron chi connectivity index (χ3n) is 5.45. The molecule has 7 heteroatoms. The van der Waals surface area contributed by atoms with E-state index >= 15 is 0 Å². The lowest BCUT2D eigenvalue weighted by Gasteiger charge is -2.31. The zero-order valence-corrected chi connectivity index (χ0v) is 18.2. The van der Waals surface area contributed by atoms with Crippen molar-refractivity contribution in [2.75, 3.05) is 38.0 Å². The maximum atomic E-state index is 13.0. The number of quaternary nitrogens is 1. The number of sulfonamides is 1. The molecule has 0 radical (unpaired) electrons. The van der Waals surface area contributed by atoms with Crippen LogP contribution in [0.4, 0.5) is 5.69 Å². The molecular formula is C22H30N3O3S+. The smallest absolute Gasteiger partial charge is 0.279 e. The fraction of sp³-hybridized carbons (Fsp3) is 0.409. The van der Waals surface area contributed by atoms with Gasteiger partial charge < -0.3 is 10.2 Å². The summed E-state index contributed by atoms with van der Waals surface area (Å²) in [5.41, 5.74) is 3.72. The van der Waals surface area contributed by atoms with Crippen LogP contribution in [0.15, 0.2) is 47.4 Å². The van der Waals surface area contributed by atoms with Gasteiger partial charge in [-0.25, -0.2) is 8.42 Å². The highest BCUT2D eigenvalue weighted by atomic mass is 32.2. The van der Waals surface area contributed by atoms with Gasteiger partial charge in [-0.3, -0.25) is 4.79 Å². The Bertz CT molecular complexity index is 963. The molecule has 2 N–H and O–H groups in total. The molecule has 1 fully saturated rings. The fourth-order valence-electron chi connectivity index (χ4n) is 3.60. The zero-order chi connectivity index (χ0) is 21.0. The van der Waals surface area contributed by atoms with Crippen molar-refractivity contribution in [3.8, 4) is 0 Å². The Kier molecular flexibility index (Phi) is 6.72. The molecule has 1 amide bonds. The Morgan fingerprint density at radius 3 is 2.34 bits per heavy atom. The average Bonchev–Trinajstić information content (AvgIpc) is 2.70. The molecule has 1 aliphatic rings. The Balaban J connectivity index is 1.55. The van der Waals surface area contributed by atoms with E-state index in [0.29, 0.717) is 37.6 Å². The number of anilines is 1. The summed E-state index contributed by atoms with van der Waals surface area (Å²) >= 11 is 0. The first-order chi connectivity index (χ1) is 13.8. The third kappa shape index (κ3) is 5.23. The second kappa shape index (κ2) is 9.07. The molecular weight excluding hydrogens is 386 g/mol. The zero-order valence-electron chi connectivity index (χ0n) is 17.4. The van der Waals surface area contributed by atoms with Crippen LogP contribution in [0.25, 0.3) is 0 Å². The molecule has 0 aliphatic carbocycles. The van der Waals surface area contributed by atoms with E-state index in [-0.39, 0.29) is 5.91 Å². The number of nitrogens with one attached hydrogen (secondary N) is 2. The van der Waals surface area contributed by atoms with E-state index in [0.717, 1.165) is 28.1 Å². The molecule has 2 aromatic rings. The molecule has 29 heavy (non-hydrogen) atoms. The fourth-order valence-corrected chi connectivity index (χ4v) is 5.35. The summed E-state index contributed by atoms with van der Waals surface area (Å²) in [6, 6.07) is 13.4. The predicted molar refractivity (Wildman–Crippen MR) is 115 cm³/mol. The van der Waals surface area contributed by atoms with E-state index in [1.165, 1.54) is 5.56 Å². The summed E-state index contributed by atoms with van der Waals surface area (Å²) < 4.78 is 27.6. The topological polar surface area (TPSA) is 70.9 Å². The van der Waals surface area contributed by atoms with Gasteiger partial charge in [0.05, 0.1) is 31.1 Å². The molecule has 1 saturated heterocycles. The minimum Gasteiger partial charge on any atom is -0.325 e. The second-order valence-electron chi connectivity index (χ2n) is 7.70. The van der Waals surface area contributed by atoms with Crippen molar-refractivity contribution in [3.05, 3.63) is 59.2 Å². The number of benzene rings is 2. The predicted octanol–water partition coefficient (Wildman–Crippen LogP) is 1.39. The Hall–Kier alpha value is -2.22. The number of hydrogen-bond acceptors (Lipinski definition) is 3. The molecule has 3 rings (SSSR count). The van der Waals surface area contributed by atoms with Crippen molar-refractivity contribution in [1.29, 1.82) is 0 Å². The van der Waals surface area contributed by atoms with Gasteiger partial charge in [0.15, 0.2) is 6.54 Å². The molecule has 0 unspecified atom stereocenters. The summed E-state index contributed by atoms with van der Waals surface area (Å²) in [4.78, 5) is 13.8. The number of aryl methyl sites for hydroxylation is 3. The lowest BCUT2D eigenvalue weighted by atomic mass is 10.1. The molecule has 2 aromatic carbocycles. The van der Waals surface area contributed by atoms with Crippen LogP contribution >= 0.6 is 0 Å². The van der Waals surface area contributed by atoms with E-state index in [1.807, 2.05) is 50.2 Å². The first kappa shape index (κ1) is 21.5. The summed E-state index contributed by atoms with van der Waals surface area (Å²) in [7, 11) is -3.50. The van der Waals surface area contributed by atoms with Gasteiger partial charge in [-0.15, -0.1) is 0 Å². The SMILES string of the molecule is CCc1ccc(NC(=O)C[NH+]2CCN(S(=O)(=O)c3cc(C)ccc3C)CC2)cc1. The highest BCUT2D eigenvalue weighted by Gasteiger charge is 2.32. The molecule has 0 atom stereocenters. The Morgan fingerprint density at radius 2 is 1.72 bits per heavy atom. The first-order valence-corrected chi connectivity index (χ1v) is 11.5. The number of carbonyl (C=O) groups excluding carboxylic acids is 1. The molecule has 6 nitrogen and oxygen atoms in total. The highest BCUT2D eigenvalue weighted by molar-refractivity contribution is 7.89. The van der Waals surface area contributed by atoms with Gasteiger partial charge in [-0.1, -0.05) is 31.2 Å². The second-order valence-corrected chi connectivity index (χ2v) is 9.60. The van der Waals surface area contributed by atoms with Crippen LogP contribution in [-0.2, 0) is 21.2 Å². The first-order valence-electron chi connectivity index (χ1n) is 10.1. The maximum Gasteiger partial charge on any atom is 0.279 e. The van der Waals surface area contributed by atoms with Crippen molar-refractivity contribution in [3.63, 3.8) is 0 Å². The van der Waals surface area contributed by atoms with Gasteiger partial charge in [0, 0.05) is 5.69 Å². The molecule has 1 aliphatic heterocycles. The normalized spacial score (nSPS) is 16.0. The standard InChI is InChI=1S/C22H29N3O3S/c1-4-19-7-9-20(10-8-19)23-22(26)16-24-11-13-25(14-12-24)29(27,28)21-15-17(2)5-6-18(21)3/h5-10,15H,4,11-14,16H2,1-3H3,(H,23,26)/p+1. The minimum absolute atomic E-state index is 0.0462. The van der Waals surface area contributed by atoms with E-state index < -0.39 is 10.0 Å². The van der Waals surface area contributed by atoms with Crippen molar-refractivity contribution >= 4 is 21.6 Å². The number of rotatable bonds is 6. The Morgan fingerprint density at radius 1 is 1.07 bits per heavy atom. The van der Waals surface area contributed by atoms with E-state index in [2.05, 4.69) is 12.2 Å². The summed E-state index contributed by atoms with van der Waals surface area (Å²) in [5, 5.41) is 2.93. The molecule has 156 valence electrons. The lowest BCUT2D eigenvalue weighted by molar-refractivity contribution is -0.895. The third-order valence-corrected chi connectivity index (χ3v) is 7.49. The van der Waals surface area contributed by atoms with Crippen molar-refractivity contribution in [2.24, 2.45) is 0 Å². The molecule has 0 aromatic heterocycles. The number of amides is 1. The van der Waals surface area contributed by atoms with Crippen LogP contribution in [0.2, 0.25) is 0 Å². The largest absolute Gasteiger partial charge is 0.325 e. The van der Waals surface area contributed by atoms with E-state index in [9.17, 15) is 13.2 Å². The number of nitrogens with zero attached hydrogens (tertiary/aromatic N) is 1.